The Kier molecular flexibility index (Phi) is 2.55. The van der Waals surface area contributed by atoms with Crippen molar-refractivity contribution in [2.45, 2.75) is 6.42 Å². The van der Waals surface area contributed by atoms with Crippen molar-refractivity contribution < 1.29 is 4.79 Å². The van der Waals surface area contributed by atoms with E-state index < -0.39 is 0 Å². The van der Waals surface area contributed by atoms with E-state index in [1.165, 1.54) is 11.3 Å². The largest absolute Gasteiger partial charge is 0.390 e. The highest BCUT2D eigenvalue weighted by molar-refractivity contribution is 7.23. The van der Waals surface area contributed by atoms with Crippen molar-refractivity contribution in [1.29, 1.82) is 0 Å². The van der Waals surface area contributed by atoms with Gasteiger partial charge in [-0.05, 0) is 24.1 Å². The number of hydrogen-bond donors (Lipinski definition) is 2. The van der Waals surface area contributed by atoms with Gasteiger partial charge in [0, 0.05) is 12.1 Å². The van der Waals surface area contributed by atoms with Crippen LogP contribution in [-0.2, 0) is 6.42 Å². The number of nitrogens with two attached hydrogens (primary N) is 1. The molecule has 1 aliphatic heterocycles. The van der Waals surface area contributed by atoms with E-state index in [1.54, 1.807) is 11.3 Å². The molecule has 4 rings (SSSR count). The van der Waals surface area contributed by atoms with Crippen LogP contribution in [0.5, 0.6) is 0 Å². The average molecular weight is 301 g/mol. The van der Waals surface area contributed by atoms with E-state index in [0.717, 1.165) is 37.6 Å². The summed E-state index contributed by atoms with van der Waals surface area (Å²) < 4.78 is 1.14. The number of nitrogen functional groups attached to an aromatic ring is 1. The van der Waals surface area contributed by atoms with Crippen LogP contribution in [0.3, 0.4) is 0 Å². The minimum atomic E-state index is -0.0182. The van der Waals surface area contributed by atoms with Gasteiger partial charge in [0.25, 0.3) is 5.91 Å². The highest BCUT2D eigenvalue weighted by Gasteiger charge is 2.27. The molecule has 0 saturated carbocycles. The summed E-state index contributed by atoms with van der Waals surface area (Å²) >= 11 is 2.99. The Morgan fingerprint density at radius 3 is 2.95 bits per heavy atom. The van der Waals surface area contributed by atoms with Crippen LogP contribution in [0, 0.1) is 0 Å². The first kappa shape index (κ1) is 11.9. The molecule has 0 spiro atoms. The normalized spacial score (nSPS) is 14.3. The van der Waals surface area contributed by atoms with Gasteiger partial charge in [-0.1, -0.05) is 12.1 Å². The lowest BCUT2D eigenvalue weighted by Gasteiger charge is -2.12. The summed E-state index contributed by atoms with van der Waals surface area (Å²) in [6, 6.07) is 8.03. The lowest BCUT2D eigenvalue weighted by atomic mass is 10.0. The molecule has 2 aromatic heterocycles. The molecule has 3 N–H and O–H groups in total. The SMILES string of the molecule is Nc1sc2c(c1-c1nc3ccccc3s1)CCNC2=O. The molecule has 0 bridgehead atoms. The summed E-state index contributed by atoms with van der Waals surface area (Å²) in [4.78, 5) is 17.3. The lowest BCUT2D eigenvalue weighted by molar-refractivity contribution is 0.0950. The molecule has 3 aromatic rings. The van der Waals surface area contributed by atoms with Gasteiger partial charge >= 0.3 is 0 Å². The molecular formula is C14H11N3OS2. The maximum atomic E-state index is 11.9. The van der Waals surface area contributed by atoms with Crippen LogP contribution in [0.4, 0.5) is 5.00 Å². The molecule has 6 heteroatoms. The summed E-state index contributed by atoms with van der Waals surface area (Å²) in [7, 11) is 0. The summed E-state index contributed by atoms with van der Waals surface area (Å²) in [5, 5.41) is 4.45. The molecule has 0 unspecified atom stereocenters. The van der Waals surface area contributed by atoms with Gasteiger partial charge < -0.3 is 11.1 Å². The number of carbonyl (C=O) groups is 1. The first-order valence-corrected chi connectivity index (χ1v) is 7.92. The maximum absolute atomic E-state index is 11.9. The van der Waals surface area contributed by atoms with Crippen LogP contribution in [0.25, 0.3) is 20.8 Å². The van der Waals surface area contributed by atoms with Gasteiger partial charge in [-0.2, -0.15) is 0 Å². The van der Waals surface area contributed by atoms with Crippen LogP contribution in [0.2, 0.25) is 0 Å². The minimum Gasteiger partial charge on any atom is -0.390 e. The highest BCUT2D eigenvalue weighted by Crippen LogP contribution is 2.42. The van der Waals surface area contributed by atoms with Gasteiger partial charge in [0.05, 0.1) is 20.1 Å². The molecule has 100 valence electrons. The standard InChI is InChI=1S/C14H11N3OS2/c15-12-10(7-5-6-16-13(18)11(7)20-12)14-17-8-3-1-2-4-9(8)19-14/h1-4H,5-6,15H2,(H,16,18). The Bertz CT molecular complexity index is 801. The predicted octanol–water partition coefficient (Wildman–Crippen LogP) is 2.89. The van der Waals surface area contributed by atoms with Gasteiger partial charge in [-0.3, -0.25) is 4.79 Å². The number of nitrogens with zero attached hydrogens (tertiary/aromatic N) is 1. The number of carbonyl (C=O) groups excluding carboxylic acids is 1. The third-order valence-electron chi connectivity index (χ3n) is 3.41. The quantitative estimate of drug-likeness (QED) is 0.726. The summed E-state index contributed by atoms with van der Waals surface area (Å²) in [5.41, 5.74) is 9.13. The van der Waals surface area contributed by atoms with E-state index in [-0.39, 0.29) is 5.91 Å². The first-order valence-electron chi connectivity index (χ1n) is 6.29. The van der Waals surface area contributed by atoms with E-state index in [4.69, 9.17) is 5.73 Å². The Morgan fingerprint density at radius 2 is 2.10 bits per heavy atom. The van der Waals surface area contributed by atoms with Crippen LogP contribution in [0.1, 0.15) is 15.2 Å². The Labute approximate surface area is 123 Å². The lowest BCUT2D eigenvalue weighted by Crippen LogP contribution is -2.30. The second-order valence-electron chi connectivity index (χ2n) is 4.64. The number of hydrogen-bond acceptors (Lipinski definition) is 5. The van der Waals surface area contributed by atoms with Crippen molar-refractivity contribution in [2.24, 2.45) is 0 Å². The summed E-state index contributed by atoms with van der Waals surface area (Å²) in [6.45, 7) is 0.667. The monoisotopic (exact) mass is 301 g/mol. The van der Waals surface area contributed by atoms with E-state index >= 15 is 0 Å². The van der Waals surface area contributed by atoms with Gasteiger partial charge in [0.2, 0.25) is 0 Å². The number of thiazole rings is 1. The number of nitrogens with one attached hydrogen (secondary N) is 1. The molecule has 20 heavy (non-hydrogen) atoms. The number of rotatable bonds is 1. The summed E-state index contributed by atoms with van der Waals surface area (Å²) in [5.74, 6) is -0.0182. The van der Waals surface area contributed by atoms with Crippen LogP contribution in [-0.4, -0.2) is 17.4 Å². The Morgan fingerprint density at radius 1 is 1.25 bits per heavy atom. The second-order valence-corrected chi connectivity index (χ2v) is 6.72. The van der Waals surface area contributed by atoms with Crippen LogP contribution in [0.15, 0.2) is 24.3 Å². The van der Waals surface area contributed by atoms with E-state index in [0.29, 0.717) is 11.5 Å². The van der Waals surface area contributed by atoms with E-state index in [1.807, 2.05) is 18.2 Å². The van der Waals surface area contributed by atoms with Crippen molar-refractivity contribution in [3.05, 3.63) is 34.7 Å². The number of benzene rings is 1. The predicted molar refractivity (Wildman–Crippen MR) is 83.4 cm³/mol. The Balaban J connectivity index is 1.96. The van der Waals surface area contributed by atoms with Crippen LogP contribution < -0.4 is 11.1 Å². The molecule has 0 atom stereocenters. The molecule has 3 heterocycles. The Hall–Kier alpha value is -1.92. The van der Waals surface area contributed by atoms with Crippen molar-refractivity contribution in [3.63, 3.8) is 0 Å². The molecule has 0 saturated heterocycles. The van der Waals surface area contributed by atoms with Crippen molar-refractivity contribution in [1.82, 2.24) is 10.3 Å². The number of fused-ring (bicyclic) bond motifs is 2. The highest BCUT2D eigenvalue weighted by atomic mass is 32.1. The molecule has 0 aliphatic carbocycles. The van der Waals surface area contributed by atoms with Crippen molar-refractivity contribution in [3.8, 4) is 10.6 Å². The third kappa shape index (κ3) is 1.65. The van der Waals surface area contributed by atoms with Gasteiger partial charge in [0.1, 0.15) is 5.01 Å². The van der Waals surface area contributed by atoms with Crippen LogP contribution >= 0.6 is 22.7 Å². The molecule has 0 radical (unpaired) electrons. The molecule has 1 aliphatic rings. The smallest absolute Gasteiger partial charge is 0.261 e. The second kappa shape index (κ2) is 4.29. The first-order chi connectivity index (χ1) is 9.74. The van der Waals surface area contributed by atoms with E-state index in [2.05, 4.69) is 16.4 Å². The van der Waals surface area contributed by atoms with Gasteiger partial charge in [-0.15, -0.1) is 22.7 Å². The topological polar surface area (TPSA) is 68.0 Å². The fourth-order valence-corrected chi connectivity index (χ4v) is 4.65. The van der Waals surface area contributed by atoms with Crippen molar-refractivity contribution >= 4 is 43.8 Å². The molecule has 1 amide bonds. The zero-order chi connectivity index (χ0) is 13.7. The zero-order valence-electron chi connectivity index (χ0n) is 10.5. The molecule has 4 nitrogen and oxygen atoms in total. The fourth-order valence-electron chi connectivity index (χ4n) is 2.50. The third-order valence-corrected chi connectivity index (χ3v) is 5.52. The number of aromatic nitrogens is 1. The number of para-hydroxylation sites is 1. The fraction of sp³-hybridized carbons (Fsp3) is 0.143. The van der Waals surface area contributed by atoms with Gasteiger partial charge in [-0.25, -0.2) is 4.98 Å². The number of amides is 1. The molecular weight excluding hydrogens is 290 g/mol. The number of thiophene rings is 1. The van der Waals surface area contributed by atoms with E-state index in [9.17, 15) is 4.79 Å². The average Bonchev–Trinajstić information content (AvgIpc) is 2.99. The number of anilines is 1. The summed E-state index contributed by atoms with van der Waals surface area (Å²) in [6.07, 6.45) is 0.819. The van der Waals surface area contributed by atoms with Gasteiger partial charge in [0.15, 0.2) is 0 Å². The van der Waals surface area contributed by atoms with Crippen molar-refractivity contribution in [2.75, 3.05) is 12.3 Å². The maximum Gasteiger partial charge on any atom is 0.261 e. The minimum absolute atomic E-state index is 0.0182. The molecule has 0 fully saturated rings. The molecule has 1 aromatic carbocycles. The zero-order valence-corrected chi connectivity index (χ0v) is 12.1.